The number of hydrogen-bond donors (Lipinski definition) is 0. The van der Waals surface area contributed by atoms with Crippen molar-refractivity contribution in [2.75, 3.05) is 18.6 Å². The van der Waals surface area contributed by atoms with Gasteiger partial charge in [0.25, 0.3) is 0 Å². The summed E-state index contributed by atoms with van der Waals surface area (Å²) >= 11 is 0. The Morgan fingerprint density at radius 2 is 1.52 bits per heavy atom. The standard InChI is InChI=1S/C21H33NO3/c1-3-4-5-6-7-13-18-25-21(24)17-12-11-16-20(23)22(2)19-14-9-8-10-15-19/h8-10,14-15H,3-7,11-13,16-18H2,1-2H3. The van der Waals surface area contributed by atoms with Crippen molar-refractivity contribution in [3.63, 3.8) is 0 Å². The molecule has 0 atom stereocenters. The summed E-state index contributed by atoms with van der Waals surface area (Å²) in [6, 6.07) is 9.59. The molecule has 0 fully saturated rings. The van der Waals surface area contributed by atoms with Crippen molar-refractivity contribution < 1.29 is 14.3 Å². The van der Waals surface area contributed by atoms with E-state index in [0.29, 0.717) is 32.3 Å². The third kappa shape index (κ3) is 9.90. The Morgan fingerprint density at radius 1 is 0.880 bits per heavy atom. The Bertz CT molecular complexity index is 487. The van der Waals surface area contributed by atoms with Gasteiger partial charge in [-0.05, 0) is 31.4 Å². The van der Waals surface area contributed by atoms with Crippen LogP contribution in [0.3, 0.4) is 0 Å². The van der Waals surface area contributed by atoms with Crippen molar-refractivity contribution in [2.24, 2.45) is 0 Å². The smallest absolute Gasteiger partial charge is 0.305 e. The molecule has 0 bridgehead atoms. The van der Waals surface area contributed by atoms with E-state index in [2.05, 4.69) is 6.92 Å². The highest BCUT2D eigenvalue weighted by molar-refractivity contribution is 5.92. The maximum absolute atomic E-state index is 12.1. The van der Waals surface area contributed by atoms with Crippen molar-refractivity contribution in [3.05, 3.63) is 30.3 Å². The van der Waals surface area contributed by atoms with Crippen molar-refractivity contribution in [1.29, 1.82) is 0 Å². The SMILES string of the molecule is CCCCCCCCOC(=O)CCCCC(=O)N(C)c1ccccc1. The van der Waals surface area contributed by atoms with Crippen molar-refractivity contribution in [2.45, 2.75) is 71.1 Å². The fraction of sp³-hybridized carbons (Fsp3) is 0.619. The molecule has 0 aliphatic rings. The van der Waals surface area contributed by atoms with Crippen LogP contribution in [0.4, 0.5) is 5.69 Å². The van der Waals surface area contributed by atoms with Gasteiger partial charge in [-0.1, -0.05) is 57.2 Å². The zero-order valence-corrected chi connectivity index (χ0v) is 15.8. The topological polar surface area (TPSA) is 46.6 Å². The first kappa shape index (κ1) is 21.2. The fourth-order valence-electron chi connectivity index (χ4n) is 2.65. The lowest BCUT2D eigenvalue weighted by atomic mass is 10.1. The second-order valence-electron chi connectivity index (χ2n) is 6.48. The molecule has 4 heteroatoms. The summed E-state index contributed by atoms with van der Waals surface area (Å²) in [4.78, 5) is 25.4. The number of esters is 1. The molecule has 0 aromatic heterocycles. The first-order valence-corrected chi connectivity index (χ1v) is 9.62. The van der Waals surface area contributed by atoms with E-state index in [0.717, 1.165) is 18.5 Å². The number of carbonyl (C=O) groups is 2. The van der Waals surface area contributed by atoms with Crippen LogP contribution >= 0.6 is 0 Å². The highest BCUT2D eigenvalue weighted by atomic mass is 16.5. The summed E-state index contributed by atoms with van der Waals surface area (Å²) in [5.41, 5.74) is 0.894. The lowest BCUT2D eigenvalue weighted by Gasteiger charge is -2.17. The molecule has 0 heterocycles. The first-order chi connectivity index (χ1) is 12.1. The first-order valence-electron chi connectivity index (χ1n) is 9.62. The van der Waals surface area contributed by atoms with Gasteiger partial charge in [0.1, 0.15) is 0 Å². The van der Waals surface area contributed by atoms with Gasteiger partial charge in [-0.15, -0.1) is 0 Å². The van der Waals surface area contributed by atoms with E-state index >= 15 is 0 Å². The predicted molar refractivity (Wildman–Crippen MR) is 103 cm³/mol. The number of para-hydroxylation sites is 1. The third-order valence-electron chi connectivity index (χ3n) is 4.30. The van der Waals surface area contributed by atoms with Crippen LogP contribution in [-0.4, -0.2) is 25.5 Å². The van der Waals surface area contributed by atoms with Crippen molar-refractivity contribution >= 4 is 17.6 Å². The van der Waals surface area contributed by atoms with Gasteiger partial charge < -0.3 is 9.64 Å². The highest BCUT2D eigenvalue weighted by Crippen LogP contribution is 2.13. The normalized spacial score (nSPS) is 10.5. The summed E-state index contributed by atoms with van der Waals surface area (Å²) in [7, 11) is 1.78. The maximum atomic E-state index is 12.1. The highest BCUT2D eigenvalue weighted by Gasteiger charge is 2.10. The number of ether oxygens (including phenoxy) is 1. The Kier molecular flexibility index (Phi) is 11.4. The van der Waals surface area contributed by atoms with Crippen LogP contribution in [0.25, 0.3) is 0 Å². The average molecular weight is 347 g/mol. The molecule has 1 aromatic carbocycles. The summed E-state index contributed by atoms with van der Waals surface area (Å²) in [5, 5.41) is 0. The maximum Gasteiger partial charge on any atom is 0.305 e. The Hall–Kier alpha value is -1.84. The number of benzene rings is 1. The lowest BCUT2D eigenvalue weighted by molar-refractivity contribution is -0.144. The number of nitrogens with zero attached hydrogens (tertiary/aromatic N) is 1. The molecule has 0 radical (unpaired) electrons. The number of anilines is 1. The molecule has 1 aromatic rings. The molecule has 0 aliphatic heterocycles. The number of carbonyl (C=O) groups excluding carboxylic acids is 2. The van der Waals surface area contributed by atoms with Gasteiger partial charge >= 0.3 is 5.97 Å². The van der Waals surface area contributed by atoms with Crippen LogP contribution in [0.2, 0.25) is 0 Å². The Labute approximate surface area is 152 Å². The largest absolute Gasteiger partial charge is 0.466 e. The Balaban J connectivity index is 2.03. The summed E-state index contributed by atoms with van der Waals surface area (Å²) in [6.07, 6.45) is 9.39. The number of amides is 1. The zero-order chi connectivity index (χ0) is 18.3. The van der Waals surface area contributed by atoms with Crippen LogP contribution in [0.5, 0.6) is 0 Å². The molecule has 1 amide bonds. The molecular formula is C21H33NO3. The van der Waals surface area contributed by atoms with Gasteiger partial charge in [-0.2, -0.15) is 0 Å². The van der Waals surface area contributed by atoms with E-state index in [4.69, 9.17) is 4.74 Å². The minimum absolute atomic E-state index is 0.0756. The number of hydrogen-bond acceptors (Lipinski definition) is 3. The Morgan fingerprint density at radius 3 is 2.24 bits per heavy atom. The molecule has 25 heavy (non-hydrogen) atoms. The molecule has 4 nitrogen and oxygen atoms in total. The molecule has 0 aliphatic carbocycles. The molecule has 0 saturated heterocycles. The van der Waals surface area contributed by atoms with E-state index in [1.165, 1.54) is 25.7 Å². The molecule has 0 saturated carbocycles. The summed E-state index contributed by atoms with van der Waals surface area (Å²) < 4.78 is 5.24. The van der Waals surface area contributed by atoms with Crippen LogP contribution in [0, 0.1) is 0 Å². The molecular weight excluding hydrogens is 314 g/mol. The van der Waals surface area contributed by atoms with E-state index in [-0.39, 0.29) is 11.9 Å². The van der Waals surface area contributed by atoms with Crippen LogP contribution in [0.1, 0.15) is 71.1 Å². The molecule has 1 rings (SSSR count). The van der Waals surface area contributed by atoms with E-state index in [1.54, 1.807) is 11.9 Å². The van der Waals surface area contributed by atoms with Crippen molar-refractivity contribution in [1.82, 2.24) is 0 Å². The summed E-state index contributed by atoms with van der Waals surface area (Å²) in [6.45, 7) is 2.73. The van der Waals surface area contributed by atoms with E-state index in [1.807, 2.05) is 30.3 Å². The molecule has 0 N–H and O–H groups in total. The third-order valence-corrected chi connectivity index (χ3v) is 4.30. The van der Waals surface area contributed by atoms with Crippen LogP contribution < -0.4 is 4.90 Å². The molecule has 0 spiro atoms. The van der Waals surface area contributed by atoms with Gasteiger partial charge in [0.05, 0.1) is 6.61 Å². The van der Waals surface area contributed by atoms with Crippen LogP contribution in [0.15, 0.2) is 30.3 Å². The van der Waals surface area contributed by atoms with Crippen molar-refractivity contribution in [3.8, 4) is 0 Å². The van der Waals surface area contributed by atoms with Crippen LogP contribution in [-0.2, 0) is 14.3 Å². The monoisotopic (exact) mass is 347 g/mol. The second kappa shape index (κ2) is 13.5. The van der Waals surface area contributed by atoms with Gasteiger partial charge in [0, 0.05) is 25.6 Å². The second-order valence-corrected chi connectivity index (χ2v) is 6.48. The van der Waals surface area contributed by atoms with Gasteiger partial charge in [0.15, 0.2) is 0 Å². The van der Waals surface area contributed by atoms with Gasteiger partial charge in [-0.25, -0.2) is 0 Å². The number of unbranched alkanes of at least 4 members (excludes halogenated alkanes) is 6. The number of rotatable bonds is 13. The molecule has 140 valence electrons. The summed E-state index contributed by atoms with van der Waals surface area (Å²) in [5.74, 6) is -0.0657. The van der Waals surface area contributed by atoms with E-state index < -0.39 is 0 Å². The van der Waals surface area contributed by atoms with Gasteiger partial charge in [0.2, 0.25) is 5.91 Å². The molecule has 0 unspecified atom stereocenters. The van der Waals surface area contributed by atoms with Gasteiger partial charge in [-0.3, -0.25) is 9.59 Å². The predicted octanol–water partition coefficient (Wildman–Crippen LogP) is 5.11. The average Bonchev–Trinajstić information content (AvgIpc) is 2.64. The minimum atomic E-state index is -0.141. The zero-order valence-electron chi connectivity index (χ0n) is 15.8. The fourth-order valence-corrected chi connectivity index (χ4v) is 2.65. The van der Waals surface area contributed by atoms with E-state index in [9.17, 15) is 9.59 Å². The lowest BCUT2D eigenvalue weighted by Crippen LogP contribution is -2.25. The quantitative estimate of drug-likeness (QED) is 0.368. The minimum Gasteiger partial charge on any atom is -0.466 e.